The molecule has 0 aromatic heterocycles. The Kier molecular flexibility index (Phi) is 2.11. The highest BCUT2D eigenvalue weighted by Crippen LogP contribution is 2.34. The van der Waals surface area contributed by atoms with Crippen molar-refractivity contribution in [2.45, 2.75) is 18.7 Å². The Hall–Kier alpha value is -0.290. The molecule has 0 aliphatic carbocycles. The monoisotopic (exact) mass is 170 g/mol. The van der Waals surface area contributed by atoms with Crippen LogP contribution in [0.1, 0.15) is 6.92 Å². The summed E-state index contributed by atoms with van der Waals surface area (Å²) in [5, 5.41) is 0. The Balaban J connectivity index is 2.64. The third-order valence-electron chi connectivity index (χ3n) is 1.63. The van der Waals surface area contributed by atoms with E-state index in [9.17, 15) is 13.2 Å². The molecule has 1 aliphatic rings. The lowest BCUT2D eigenvalue weighted by Crippen LogP contribution is -2.52. The summed E-state index contributed by atoms with van der Waals surface area (Å²) < 4.78 is 45.6. The van der Waals surface area contributed by atoms with Crippen molar-refractivity contribution in [1.29, 1.82) is 0 Å². The first-order chi connectivity index (χ1) is 4.96. The molecule has 2 nitrogen and oxygen atoms in total. The average Bonchev–Trinajstić information content (AvgIpc) is 1.87. The average molecular weight is 170 g/mol. The van der Waals surface area contributed by atoms with Gasteiger partial charge in [-0.3, -0.25) is 0 Å². The van der Waals surface area contributed by atoms with E-state index in [0.29, 0.717) is 0 Å². The fourth-order valence-corrected chi connectivity index (χ4v) is 0.798. The first-order valence-electron chi connectivity index (χ1n) is 3.24. The third-order valence-corrected chi connectivity index (χ3v) is 1.63. The Labute approximate surface area is 62.3 Å². The largest absolute Gasteiger partial charge is 0.419 e. The van der Waals surface area contributed by atoms with Crippen LogP contribution in [0.25, 0.3) is 0 Å². The zero-order valence-electron chi connectivity index (χ0n) is 6.07. The predicted octanol–water partition coefficient (Wildman–Crippen LogP) is 1.35. The fraction of sp³-hybridized carbons (Fsp3) is 1.00. The Morgan fingerprint density at radius 1 is 1.27 bits per heavy atom. The number of halogens is 3. The van der Waals surface area contributed by atoms with Crippen molar-refractivity contribution in [3.05, 3.63) is 0 Å². The standard InChI is InChI=1S/C6H9F3O2/c1-5(6(7,8)9)4-10-2-3-11-5/h2-4H2,1H3. The molecular weight excluding hydrogens is 161 g/mol. The van der Waals surface area contributed by atoms with Crippen LogP contribution >= 0.6 is 0 Å². The molecule has 0 bridgehead atoms. The molecule has 1 unspecified atom stereocenters. The topological polar surface area (TPSA) is 18.5 Å². The summed E-state index contributed by atoms with van der Waals surface area (Å²) in [5.74, 6) is 0. The molecule has 0 radical (unpaired) electrons. The predicted molar refractivity (Wildman–Crippen MR) is 31.2 cm³/mol. The van der Waals surface area contributed by atoms with E-state index in [1.165, 1.54) is 0 Å². The van der Waals surface area contributed by atoms with Gasteiger partial charge in [0.2, 0.25) is 0 Å². The summed E-state index contributed by atoms with van der Waals surface area (Å²) in [5.41, 5.74) is -2.11. The molecule has 0 N–H and O–H groups in total. The van der Waals surface area contributed by atoms with Crippen LogP contribution in [-0.2, 0) is 9.47 Å². The summed E-state index contributed by atoms with van der Waals surface area (Å²) in [4.78, 5) is 0. The van der Waals surface area contributed by atoms with Crippen molar-refractivity contribution in [2.75, 3.05) is 19.8 Å². The number of alkyl halides is 3. The lowest BCUT2D eigenvalue weighted by atomic mass is 10.1. The van der Waals surface area contributed by atoms with Gasteiger partial charge in [-0.15, -0.1) is 0 Å². The van der Waals surface area contributed by atoms with Gasteiger partial charge in [-0.25, -0.2) is 0 Å². The lowest BCUT2D eigenvalue weighted by Gasteiger charge is -2.34. The van der Waals surface area contributed by atoms with Crippen molar-refractivity contribution in [2.24, 2.45) is 0 Å². The van der Waals surface area contributed by atoms with E-state index in [4.69, 9.17) is 0 Å². The van der Waals surface area contributed by atoms with E-state index in [2.05, 4.69) is 9.47 Å². The van der Waals surface area contributed by atoms with E-state index in [1.54, 1.807) is 0 Å². The van der Waals surface area contributed by atoms with Crippen LogP contribution in [0.4, 0.5) is 13.2 Å². The minimum absolute atomic E-state index is 0.00993. The summed E-state index contributed by atoms with van der Waals surface area (Å²) in [6.45, 7) is 0.838. The van der Waals surface area contributed by atoms with Crippen LogP contribution in [0.5, 0.6) is 0 Å². The number of rotatable bonds is 0. The first-order valence-corrected chi connectivity index (χ1v) is 3.24. The van der Waals surface area contributed by atoms with E-state index in [1.807, 2.05) is 0 Å². The zero-order chi connectivity index (χ0) is 8.54. The number of hydrogen-bond acceptors (Lipinski definition) is 2. The molecule has 1 saturated heterocycles. The smallest absolute Gasteiger partial charge is 0.376 e. The van der Waals surface area contributed by atoms with Crippen LogP contribution in [0.3, 0.4) is 0 Å². The summed E-state index contributed by atoms with van der Waals surface area (Å²) in [7, 11) is 0. The van der Waals surface area contributed by atoms with Crippen LogP contribution in [0, 0.1) is 0 Å². The number of hydrogen-bond donors (Lipinski definition) is 0. The molecule has 5 heteroatoms. The molecule has 0 saturated carbocycles. The van der Waals surface area contributed by atoms with E-state index in [0.717, 1.165) is 6.92 Å². The van der Waals surface area contributed by atoms with Crippen LogP contribution in [0.15, 0.2) is 0 Å². The molecule has 1 atom stereocenters. The van der Waals surface area contributed by atoms with Crippen LogP contribution < -0.4 is 0 Å². The zero-order valence-corrected chi connectivity index (χ0v) is 6.07. The molecule has 1 rings (SSSR count). The van der Waals surface area contributed by atoms with Gasteiger partial charge in [-0.05, 0) is 6.92 Å². The maximum Gasteiger partial charge on any atom is 0.419 e. The maximum absolute atomic E-state index is 12.1. The molecular formula is C6H9F3O2. The van der Waals surface area contributed by atoms with Crippen molar-refractivity contribution in [3.8, 4) is 0 Å². The molecule has 1 aliphatic heterocycles. The Morgan fingerprint density at radius 3 is 2.18 bits per heavy atom. The summed E-state index contributed by atoms with van der Waals surface area (Å²) >= 11 is 0. The lowest BCUT2D eigenvalue weighted by molar-refractivity contribution is -0.305. The number of ether oxygens (including phenoxy) is 2. The Morgan fingerprint density at radius 2 is 1.91 bits per heavy atom. The van der Waals surface area contributed by atoms with E-state index in [-0.39, 0.29) is 13.2 Å². The van der Waals surface area contributed by atoms with E-state index >= 15 is 0 Å². The van der Waals surface area contributed by atoms with Crippen molar-refractivity contribution >= 4 is 0 Å². The molecule has 0 spiro atoms. The molecule has 0 aromatic carbocycles. The second-order valence-corrected chi connectivity index (χ2v) is 2.63. The van der Waals surface area contributed by atoms with Crippen molar-refractivity contribution in [1.82, 2.24) is 0 Å². The highest BCUT2D eigenvalue weighted by molar-refractivity contribution is 4.85. The highest BCUT2D eigenvalue weighted by atomic mass is 19.4. The maximum atomic E-state index is 12.1. The third kappa shape index (κ3) is 1.65. The van der Waals surface area contributed by atoms with Gasteiger partial charge < -0.3 is 9.47 Å². The minimum Gasteiger partial charge on any atom is -0.376 e. The molecule has 66 valence electrons. The van der Waals surface area contributed by atoms with Crippen LogP contribution in [0.2, 0.25) is 0 Å². The molecule has 11 heavy (non-hydrogen) atoms. The van der Waals surface area contributed by atoms with Gasteiger partial charge in [-0.1, -0.05) is 0 Å². The Bertz CT molecular complexity index is 137. The second-order valence-electron chi connectivity index (χ2n) is 2.63. The summed E-state index contributed by atoms with van der Waals surface area (Å²) in [6.07, 6.45) is -4.34. The first kappa shape index (κ1) is 8.80. The molecule has 0 amide bonds. The van der Waals surface area contributed by atoms with Crippen molar-refractivity contribution in [3.63, 3.8) is 0 Å². The molecule has 0 aromatic rings. The van der Waals surface area contributed by atoms with Gasteiger partial charge >= 0.3 is 6.18 Å². The highest BCUT2D eigenvalue weighted by Gasteiger charge is 2.53. The van der Waals surface area contributed by atoms with Gasteiger partial charge in [-0.2, -0.15) is 13.2 Å². The quantitative estimate of drug-likeness (QED) is 0.546. The summed E-state index contributed by atoms with van der Waals surface area (Å²) in [6, 6.07) is 0. The normalized spacial score (nSPS) is 33.8. The SMILES string of the molecule is CC1(C(F)(F)F)COCCO1. The second kappa shape index (κ2) is 2.64. The van der Waals surface area contributed by atoms with Crippen molar-refractivity contribution < 1.29 is 22.6 Å². The van der Waals surface area contributed by atoms with Crippen LogP contribution in [-0.4, -0.2) is 31.6 Å². The fourth-order valence-electron chi connectivity index (χ4n) is 0.798. The van der Waals surface area contributed by atoms with Gasteiger partial charge in [0.15, 0.2) is 5.60 Å². The van der Waals surface area contributed by atoms with Gasteiger partial charge in [0, 0.05) is 0 Å². The van der Waals surface area contributed by atoms with Gasteiger partial charge in [0.1, 0.15) is 0 Å². The molecule has 1 fully saturated rings. The van der Waals surface area contributed by atoms with Gasteiger partial charge in [0.25, 0.3) is 0 Å². The minimum atomic E-state index is -4.34. The van der Waals surface area contributed by atoms with E-state index < -0.39 is 18.4 Å². The van der Waals surface area contributed by atoms with Gasteiger partial charge in [0.05, 0.1) is 19.8 Å². The molecule has 1 heterocycles.